The maximum atomic E-state index is 10.6. The lowest BCUT2D eigenvalue weighted by Gasteiger charge is -2.28. The highest BCUT2D eigenvalue weighted by molar-refractivity contribution is 6.21. The molecule has 1 saturated heterocycles. The molecule has 0 saturated carbocycles. The third-order valence-electron chi connectivity index (χ3n) is 5.46. The van der Waals surface area contributed by atoms with E-state index in [4.69, 9.17) is 16.7 Å². The van der Waals surface area contributed by atoms with Crippen LogP contribution in [0.5, 0.6) is 0 Å². The summed E-state index contributed by atoms with van der Waals surface area (Å²) in [7, 11) is 0. The number of aliphatic hydroxyl groups is 1. The van der Waals surface area contributed by atoms with Gasteiger partial charge in [-0.05, 0) is 49.8 Å². The van der Waals surface area contributed by atoms with E-state index < -0.39 is 5.97 Å². The van der Waals surface area contributed by atoms with Crippen molar-refractivity contribution in [2.45, 2.75) is 82.2 Å². The standard InChI is InChI=1S/C23H34ClNO3/c1-2-3-6-10-22(26)18-12-14-19(15-13-18)25-17-16-20(24)21(25)9-7-4-5-8-11-23(27)28/h4,7,12-15,20-22,26H,2-3,5-6,8-11,16-17H2,1H3,(H,27,28). The van der Waals surface area contributed by atoms with Crippen LogP contribution in [0.1, 0.15) is 76.4 Å². The SMILES string of the molecule is CCCCCC(O)c1ccc(N2CCC(Cl)C2CC=CCCCC(=O)O)cc1. The van der Waals surface area contributed by atoms with Gasteiger partial charge in [0.2, 0.25) is 0 Å². The van der Waals surface area contributed by atoms with Gasteiger partial charge in [-0.15, -0.1) is 11.6 Å². The first kappa shape index (κ1) is 22.8. The van der Waals surface area contributed by atoms with E-state index in [1.165, 1.54) is 0 Å². The number of aliphatic hydroxyl groups excluding tert-OH is 1. The largest absolute Gasteiger partial charge is 0.481 e. The monoisotopic (exact) mass is 407 g/mol. The van der Waals surface area contributed by atoms with Crippen molar-refractivity contribution in [3.8, 4) is 0 Å². The van der Waals surface area contributed by atoms with Gasteiger partial charge >= 0.3 is 5.97 Å². The van der Waals surface area contributed by atoms with E-state index >= 15 is 0 Å². The summed E-state index contributed by atoms with van der Waals surface area (Å²) >= 11 is 6.56. The number of hydrogen-bond acceptors (Lipinski definition) is 3. The minimum atomic E-state index is -0.741. The van der Waals surface area contributed by atoms with Gasteiger partial charge in [-0.3, -0.25) is 4.79 Å². The lowest BCUT2D eigenvalue weighted by atomic mass is 10.0. The number of benzene rings is 1. The quantitative estimate of drug-likeness (QED) is 0.265. The fourth-order valence-corrected chi connectivity index (χ4v) is 4.11. The molecule has 5 heteroatoms. The summed E-state index contributed by atoms with van der Waals surface area (Å²) in [5.74, 6) is -0.741. The van der Waals surface area contributed by atoms with Gasteiger partial charge in [-0.2, -0.15) is 0 Å². The zero-order valence-corrected chi connectivity index (χ0v) is 17.7. The Morgan fingerprint density at radius 2 is 2.00 bits per heavy atom. The Labute approximate surface area is 174 Å². The molecule has 1 fully saturated rings. The molecule has 2 rings (SSSR count). The summed E-state index contributed by atoms with van der Waals surface area (Å²) in [4.78, 5) is 12.9. The average Bonchev–Trinajstić information content (AvgIpc) is 3.05. The molecule has 0 aliphatic carbocycles. The van der Waals surface area contributed by atoms with Crippen LogP contribution in [-0.4, -0.2) is 34.1 Å². The van der Waals surface area contributed by atoms with Crippen LogP contribution in [0.2, 0.25) is 0 Å². The molecule has 1 aromatic carbocycles. The molecule has 1 aromatic rings. The number of aliphatic carboxylic acids is 1. The van der Waals surface area contributed by atoms with E-state index in [9.17, 15) is 9.90 Å². The highest BCUT2D eigenvalue weighted by Gasteiger charge is 2.32. The summed E-state index contributed by atoms with van der Waals surface area (Å²) in [5.41, 5.74) is 2.13. The van der Waals surface area contributed by atoms with Gasteiger partial charge in [0.15, 0.2) is 0 Å². The molecule has 1 aliphatic rings. The minimum absolute atomic E-state index is 0.114. The van der Waals surface area contributed by atoms with E-state index in [0.717, 1.165) is 62.7 Å². The van der Waals surface area contributed by atoms with E-state index in [1.807, 2.05) is 12.1 Å². The third-order valence-corrected chi connectivity index (χ3v) is 5.97. The van der Waals surface area contributed by atoms with Crippen LogP contribution in [0.15, 0.2) is 36.4 Å². The fourth-order valence-electron chi connectivity index (χ4n) is 3.78. The van der Waals surface area contributed by atoms with Crippen molar-refractivity contribution in [3.05, 3.63) is 42.0 Å². The van der Waals surface area contributed by atoms with Crippen molar-refractivity contribution in [2.75, 3.05) is 11.4 Å². The Balaban J connectivity index is 1.89. The van der Waals surface area contributed by atoms with Gasteiger partial charge in [0, 0.05) is 24.7 Å². The normalized spacial score (nSPS) is 20.8. The van der Waals surface area contributed by atoms with Crippen LogP contribution < -0.4 is 4.90 Å². The number of carboxylic acids is 1. The Hall–Kier alpha value is -1.52. The summed E-state index contributed by atoms with van der Waals surface area (Å²) in [5, 5.41) is 19.1. The fraction of sp³-hybridized carbons (Fsp3) is 0.609. The number of anilines is 1. The Morgan fingerprint density at radius 1 is 1.25 bits per heavy atom. The van der Waals surface area contributed by atoms with Gasteiger partial charge < -0.3 is 15.1 Å². The molecule has 156 valence electrons. The number of hydrogen-bond donors (Lipinski definition) is 2. The molecule has 0 spiro atoms. The topological polar surface area (TPSA) is 60.8 Å². The van der Waals surface area contributed by atoms with Crippen molar-refractivity contribution >= 4 is 23.3 Å². The number of carbonyl (C=O) groups is 1. The number of alkyl halides is 1. The maximum Gasteiger partial charge on any atom is 0.303 e. The third kappa shape index (κ3) is 7.14. The predicted octanol–water partition coefficient (Wildman–Crippen LogP) is 5.69. The second-order valence-corrected chi connectivity index (χ2v) is 8.22. The highest BCUT2D eigenvalue weighted by atomic mass is 35.5. The molecule has 0 radical (unpaired) electrons. The molecular formula is C23H34ClNO3. The Bertz CT molecular complexity index is 617. The van der Waals surface area contributed by atoms with Crippen LogP contribution in [0.3, 0.4) is 0 Å². The molecule has 4 nitrogen and oxygen atoms in total. The van der Waals surface area contributed by atoms with Gasteiger partial charge in [-0.1, -0.05) is 50.5 Å². The van der Waals surface area contributed by atoms with Crippen molar-refractivity contribution in [2.24, 2.45) is 0 Å². The summed E-state index contributed by atoms with van der Waals surface area (Å²) < 4.78 is 0. The number of halogens is 1. The van der Waals surface area contributed by atoms with Crippen LogP contribution in [0.4, 0.5) is 5.69 Å². The number of allylic oxidation sites excluding steroid dienone is 1. The summed E-state index contributed by atoms with van der Waals surface area (Å²) in [6.45, 7) is 3.10. The molecule has 0 bridgehead atoms. The lowest BCUT2D eigenvalue weighted by Crippen LogP contribution is -2.32. The Kier molecular flexibility index (Phi) is 9.86. The van der Waals surface area contributed by atoms with Crippen LogP contribution >= 0.6 is 11.6 Å². The molecule has 1 heterocycles. The second kappa shape index (κ2) is 12.1. The van der Waals surface area contributed by atoms with E-state index in [2.05, 4.69) is 36.1 Å². The van der Waals surface area contributed by atoms with E-state index in [1.54, 1.807) is 0 Å². The zero-order valence-electron chi connectivity index (χ0n) is 16.9. The van der Waals surface area contributed by atoms with Gasteiger partial charge in [0.1, 0.15) is 0 Å². The second-order valence-electron chi connectivity index (χ2n) is 7.66. The maximum absolute atomic E-state index is 10.6. The molecule has 2 N–H and O–H groups in total. The van der Waals surface area contributed by atoms with Gasteiger partial charge in [-0.25, -0.2) is 0 Å². The molecule has 0 aromatic heterocycles. The highest BCUT2D eigenvalue weighted by Crippen LogP contribution is 2.32. The van der Waals surface area contributed by atoms with Gasteiger partial charge in [0.05, 0.1) is 11.5 Å². The van der Waals surface area contributed by atoms with Crippen molar-refractivity contribution < 1.29 is 15.0 Å². The summed E-state index contributed by atoms with van der Waals surface area (Å²) in [6, 6.07) is 8.50. The summed E-state index contributed by atoms with van der Waals surface area (Å²) in [6.07, 6.45) is 11.5. The molecule has 1 aliphatic heterocycles. The number of carboxylic acid groups (broad SMARTS) is 1. The number of unbranched alkanes of at least 4 members (excludes halogenated alkanes) is 3. The van der Waals surface area contributed by atoms with Crippen molar-refractivity contribution in [3.63, 3.8) is 0 Å². The zero-order chi connectivity index (χ0) is 20.4. The van der Waals surface area contributed by atoms with Crippen LogP contribution in [0, 0.1) is 0 Å². The molecule has 0 amide bonds. The van der Waals surface area contributed by atoms with Crippen LogP contribution in [0.25, 0.3) is 0 Å². The molecule has 28 heavy (non-hydrogen) atoms. The molecular weight excluding hydrogens is 374 g/mol. The predicted molar refractivity (Wildman–Crippen MR) is 116 cm³/mol. The first-order valence-corrected chi connectivity index (χ1v) is 11.0. The lowest BCUT2D eigenvalue weighted by molar-refractivity contribution is -0.137. The van der Waals surface area contributed by atoms with Gasteiger partial charge in [0.25, 0.3) is 0 Å². The Morgan fingerprint density at radius 3 is 2.68 bits per heavy atom. The number of rotatable bonds is 12. The van der Waals surface area contributed by atoms with Crippen molar-refractivity contribution in [1.82, 2.24) is 0 Å². The van der Waals surface area contributed by atoms with Crippen LogP contribution in [-0.2, 0) is 4.79 Å². The number of nitrogens with zero attached hydrogens (tertiary/aromatic N) is 1. The van der Waals surface area contributed by atoms with E-state index in [-0.39, 0.29) is 23.9 Å². The smallest absolute Gasteiger partial charge is 0.303 e. The minimum Gasteiger partial charge on any atom is -0.481 e. The first-order valence-electron chi connectivity index (χ1n) is 10.6. The first-order chi connectivity index (χ1) is 13.5. The average molecular weight is 408 g/mol. The van der Waals surface area contributed by atoms with E-state index in [0.29, 0.717) is 6.42 Å². The molecule has 3 atom stereocenters. The van der Waals surface area contributed by atoms with Crippen molar-refractivity contribution in [1.29, 1.82) is 0 Å². The molecule has 3 unspecified atom stereocenters.